The highest BCUT2D eigenvalue weighted by Crippen LogP contribution is 2.33. The highest BCUT2D eigenvalue weighted by Gasteiger charge is 2.34. The van der Waals surface area contributed by atoms with Crippen LogP contribution in [-0.2, 0) is 18.4 Å². The van der Waals surface area contributed by atoms with Gasteiger partial charge in [0.05, 0.1) is 18.5 Å². The molecule has 0 atom stereocenters. The third-order valence-corrected chi connectivity index (χ3v) is 6.71. The number of hydrogen-bond donors (Lipinski definition) is 1. The minimum atomic E-state index is -0.233. The van der Waals surface area contributed by atoms with Crippen molar-refractivity contribution in [2.24, 2.45) is 7.05 Å². The number of benzene rings is 2. The number of nitrogens with zero attached hydrogens (tertiary/aromatic N) is 3. The number of aromatic nitrogens is 2. The molecule has 1 saturated heterocycles. The predicted octanol–water partition coefficient (Wildman–Crippen LogP) is 5.66. The molecule has 0 aliphatic carbocycles. The fraction of sp³-hybridized carbons (Fsp3) is 0.296. The van der Waals surface area contributed by atoms with Crippen molar-refractivity contribution in [1.29, 1.82) is 0 Å². The number of thiocarbonyl (C=S) groups is 1. The van der Waals surface area contributed by atoms with E-state index in [9.17, 15) is 4.79 Å². The van der Waals surface area contributed by atoms with Crippen molar-refractivity contribution in [3.05, 3.63) is 75.2 Å². The van der Waals surface area contributed by atoms with Gasteiger partial charge in [0.25, 0.3) is 5.91 Å². The van der Waals surface area contributed by atoms with Gasteiger partial charge in [-0.25, -0.2) is 4.90 Å². The molecule has 2 aromatic carbocycles. The first-order chi connectivity index (χ1) is 17.1. The van der Waals surface area contributed by atoms with Gasteiger partial charge in [-0.3, -0.25) is 9.48 Å². The van der Waals surface area contributed by atoms with E-state index >= 15 is 0 Å². The average molecular weight is 525 g/mol. The van der Waals surface area contributed by atoms with Crippen LogP contribution in [0, 0.1) is 13.8 Å². The standard InChI is InChI=1S/C27H29ClN4O3S/c1-15(2)20-12-21(28)16(3)9-25(20)35-14-19-10-18(7-8-24(19)34-6)11-22-26(33)32(27(36)29-22)23-13-31(5)30-17(23)4/h7-13,15H,14H2,1-6H3,(H,29,36)/b22-11+. The molecule has 188 valence electrons. The topological polar surface area (TPSA) is 68.6 Å². The highest BCUT2D eigenvalue weighted by atomic mass is 35.5. The lowest BCUT2D eigenvalue weighted by Crippen LogP contribution is -2.30. The maximum absolute atomic E-state index is 13.2. The molecular formula is C27H29ClN4O3S. The van der Waals surface area contributed by atoms with E-state index in [1.807, 2.05) is 44.2 Å². The molecule has 1 aromatic heterocycles. The van der Waals surface area contributed by atoms with Gasteiger partial charge in [-0.1, -0.05) is 31.5 Å². The van der Waals surface area contributed by atoms with E-state index in [0.717, 1.165) is 38.7 Å². The van der Waals surface area contributed by atoms with Crippen molar-refractivity contribution < 1.29 is 14.3 Å². The predicted molar refractivity (Wildman–Crippen MR) is 147 cm³/mol. The minimum Gasteiger partial charge on any atom is -0.496 e. The summed E-state index contributed by atoms with van der Waals surface area (Å²) in [4.78, 5) is 14.6. The van der Waals surface area contributed by atoms with E-state index in [1.54, 1.807) is 31.1 Å². The van der Waals surface area contributed by atoms with Gasteiger partial charge in [0.2, 0.25) is 0 Å². The van der Waals surface area contributed by atoms with Crippen LogP contribution in [0.15, 0.2) is 42.2 Å². The Hall–Kier alpha value is -3.36. The molecule has 2 heterocycles. The number of ether oxygens (including phenoxy) is 2. The van der Waals surface area contributed by atoms with Crippen LogP contribution in [0.25, 0.3) is 6.08 Å². The number of nitrogens with one attached hydrogen (secondary N) is 1. The van der Waals surface area contributed by atoms with E-state index in [2.05, 4.69) is 24.3 Å². The molecule has 0 saturated carbocycles. The lowest BCUT2D eigenvalue weighted by atomic mass is 10.0. The molecule has 0 unspecified atom stereocenters. The Balaban J connectivity index is 1.61. The number of anilines is 1. The Morgan fingerprint density at radius 2 is 1.94 bits per heavy atom. The summed E-state index contributed by atoms with van der Waals surface area (Å²) in [5, 5.41) is 8.39. The average Bonchev–Trinajstić information content (AvgIpc) is 3.29. The van der Waals surface area contributed by atoms with E-state index < -0.39 is 0 Å². The van der Waals surface area contributed by atoms with Gasteiger partial charge in [-0.2, -0.15) is 5.10 Å². The lowest BCUT2D eigenvalue weighted by Gasteiger charge is -2.17. The fourth-order valence-electron chi connectivity index (χ4n) is 4.13. The van der Waals surface area contributed by atoms with Crippen LogP contribution in [0.2, 0.25) is 5.02 Å². The quantitative estimate of drug-likeness (QED) is 0.317. The van der Waals surface area contributed by atoms with Crippen molar-refractivity contribution >= 4 is 46.6 Å². The number of rotatable bonds is 7. The molecule has 1 N–H and O–H groups in total. The van der Waals surface area contributed by atoms with Crippen molar-refractivity contribution in [2.45, 2.75) is 40.2 Å². The fourth-order valence-corrected chi connectivity index (χ4v) is 4.59. The summed E-state index contributed by atoms with van der Waals surface area (Å²) in [6.07, 6.45) is 3.55. The number of carbonyl (C=O) groups is 1. The Morgan fingerprint density at radius 1 is 1.19 bits per heavy atom. The summed E-state index contributed by atoms with van der Waals surface area (Å²) in [7, 11) is 3.43. The van der Waals surface area contributed by atoms with Gasteiger partial charge in [-0.05, 0) is 79.0 Å². The third kappa shape index (κ3) is 5.10. The van der Waals surface area contributed by atoms with Crippen LogP contribution in [0.3, 0.4) is 0 Å². The highest BCUT2D eigenvalue weighted by molar-refractivity contribution is 7.80. The number of hydrogen-bond acceptors (Lipinski definition) is 5. The SMILES string of the molecule is COc1ccc(/C=C2/NC(=S)N(c3cn(C)nc3C)C2=O)cc1COc1cc(C)c(Cl)cc1C(C)C. The summed E-state index contributed by atoms with van der Waals surface area (Å²) in [6, 6.07) is 9.62. The van der Waals surface area contributed by atoms with Crippen LogP contribution in [0.4, 0.5) is 5.69 Å². The first kappa shape index (κ1) is 25.7. The molecule has 3 aromatic rings. The van der Waals surface area contributed by atoms with Crippen molar-refractivity contribution in [2.75, 3.05) is 12.0 Å². The van der Waals surface area contributed by atoms with Crippen LogP contribution in [0.1, 0.15) is 47.7 Å². The number of aryl methyl sites for hydroxylation is 3. The Bertz CT molecular complexity index is 1380. The zero-order chi connectivity index (χ0) is 26.1. The minimum absolute atomic E-state index is 0.233. The van der Waals surface area contributed by atoms with Crippen LogP contribution in [-0.4, -0.2) is 27.9 Å². The number of carbonyl (C=O) groups excluding carboxylic acids is 1. The molecule has 0 bridgehead atoms. The van der Waals surface area contributed by atoms with Gasteiger partial charge in [0.1, 0.15) is 23.8 Å². The summed E-state index contributed by atoms with van der Waals surface area (Å²) in [5.74, 6) is 1.51. The smallest absolute Gasteiger partial charge is 0.281 e. The first-order valence-electron chi connectivity index (χ1n) is 11.6. The summed E-state index contributed by atoms with van der Waals surface area (Å²) in [6.45, 7) is 8.30. The van der Waals surface area contributed by atoms with E-state index in [-0.39, 0.29) is 11.8 Å². The molecule has 36 heavy (non-hydrogen) atoms. The van der Waals surface area contributed by atoms with Crippen LogP contribution in [0.5, 0.6) is 11.5 Å². The van der Waals surface area contributed by atoms with Crippen molar-refractivity contribution in [3.8, 4) is 11.5 Å². The van der Waals surface area contributed by atoms with Gasteiger partial charge >= 0.3 is 0 Å². The maximum atomic E-state index is 13.2. The second kappa shape index (κ2) is 10.3. The van der Waals surface area contributed by atoms with E-state index in [0.29, 0.717) is 28.9 Å². The van der Waals surface area contributed by atoms with Crippen molar-refractivity contribution in [1.82, 2.24) is 15.1 Å². The molecule has 9 heteroatoms. The van der Waals surface area contributed by atoms with Gasteiger partial charge in [0, 0.05) is 23.8 Å². The lowest BCUT2D eigenvalue weighted by molar-refractivity contribution is -0.113. The normalized spacial score (nSPS) is 14.7. The number of halogens is 1. The summed E-state index contributed by atoms with van der Waals surface area (Å²) >= 11 is 11.8. The first-order valence-corrected chi connectivity index (χ1v) is 12.3. The van der Waals surface area contributed by atoms with Gasteiger partial charge < -0.3 is 14.8 Å². The third-order valence-electron chi connectivity index (χ3n) is 6.02. The molecule has 1 fully saturated rings. The second-order valence-electron chi connectivity index (χ2n) is 9.06. The van der Waals surface area contributed by atoms with Gasteiger partial charge in [0.15, 0.2) is 5.11 Å². The Kier molecular flexibility index (Phi) is 7.38. The van der Waals surface area contributed by atoms with Crippen LogP contribution >= 0.6 is 23.8 Å². The summed E-state index contributed by atoms with van der Waals surface area (Å²) in [5.41, 5.74) is 5.43. The molecule has 0 radical (unpaired) electrons. The largest absolute Gasteiger partial charge is 0.496 e. The molecule has 4 rings (SSSR count). The van der Waals surface area contributed by atoms with E-state index in [1.165, 1.54) is 4.90 Å². The zero-order valence-electron chi connectivity index (χ0n) is 21.2. The number of methoxy groups -OCH3 is 1. The molecule has 0 spiro atoms. The second-order valence-corrected chi connectivity index (χ2v) is 9.85. The molecule has 1 amide bonds. The molecular weight excluding hydrogens is 496 g/mol. The Morgan fingerprint density at radius 3 is 2.58 bits per heavy atom. The summed E-state index contributed by atoms with van der Waals surface area (Å²) < 4.78 is 13.5. The Labute approximate surface area is 221 Å². The van der Waals surface area contributed by atoms with E-state index in [4.69, 9.17) is 33.3 Å². The van der Waals surface area contributed by atoms with Crippen LogP contribution < -0.4 is 19.7 Å². The van der Waals surface area contributed by atoms with Crippen molar-refractivity contribution in [3.63, 3.8) is 0 Å². The maximum Gasteiger partial charge on any atom is 0.281 e. The number of amides is 1. The molecule has 7 nitrogen and oxygen atoms in total. The molecule has 1 aliphatic heterocycles. The molecule has 1 aliphatic rings. The monoisotopic (exact) mass is 524 g/mol. The zero-order valence-corrected chi connectivity index (χ0v) is 22.8. The van der Waals surface area contributed by atoms with Gasteiger partial charge in [-0.15, -0.1) is 0 Å².